The molecule has 194 valence electrons. The molecule has 0 unspecified atom stereocenters. The van der Waals surface area contributed by atoms with Crippen LogP contribution in [0, 0.1) is 26.6 Å². The normalized spacial score (nSPS) is 12.0. The number of sulfonamides is 1. The van der Waals surface area contributed by atoms with Gasteiger partial charge in [0.05, 0.1) is 23.9 Å². The summed E-state index contributed by atoms with van der Waals surface area (Å²) in [4.78, 5) is 3.88. The molecular weight excluding hydrogens is 512 g/mol. The smallest absolute Gasteiger partial charge is 0.418 e. The van der Waals surface area contributed by atoms with Crippen LogP contribution in [0.5, 0.6) is 17.2 Å². The first-order valence-electron chi connectivity index (χ1n) is 10.9. The van der Waals surface area contributed by atoms with Crippen molar-refractivity contribution >= 4 is 26.6 Å². The number of nitrogens with one attached hydrogen (secondary N) is 1. The van der Waals surface area contributed by atoms with Gasteiger partial charge in [0, 0.05) is 23.2 Å². The molecule has 0 atom stereocenters. The minimum Gasteiger partial charge on any atom is -0.495 e. The fraction of sp³-hybridized carbons (Fsp3) is 0.192. The number of aryl methyl sites for hydroxylation is 3. The zero-order valence-electron chi connectivity index (χ0n) is 20.2. The molecule has 0 fully saturated rings. The number of rotatable bonds is 6. The molecule has 0 bridgehead atoms. The topological polar surface area (TPSA) is 77.5 Å². The molecule has 0 amide bonds. The van der Waals surface area contributed by atoms with Crippen molar-refractivity contribution in [3.05, 3.63) is 82.8 Å². The number of methoxy groups -OCH3 is 1. The molecule has 1 aromatic heterocycles. The standard InChI is InChI=1S/C26H22F4N2O4S/c1-14-10-23(35-4)24(11-15(14)2)37(33,34)32-17-8-9-21(20(27)13-17)36-22-12-16(3)31-25-18(22)6-5-7-19(25)26(28,29)30/h5-13,32H,1-4H3. The Kier molecular flexibility index (Phi) is 6.76. The fourth-order valence-corrected chi connectivity index (χ4v) is 5.05. The van der Waals surface area contributed by atoms with Crippen molar-refractivity contribution < 1.29 is 35.5 Å². The second-order valence-corrected chi connectivity index (χ2v) is 10.1. The number of pyridine rings is 1. The molecule has 0 aliphatic carbocycles. The van der Waals surface area contributed by atoms with E-state index >= 15 is 0 Å². The summed E-state index contributed by atoms with van der Waals surface area (Å²) in [6.07, 6.45) is -4.64. The Labute approximate surface area is 210 Å². The maximum atomic E-state index is 15.0. The van der Waals surface area contributed by atoms with Gasteiger partial charge in [-0.3, -0.25) is 9.71 Å². The number of hydrogen-bond acceptors (Lipinski definition) is 5. The van der Waals surface area contributed by atoms with Crippen molar-refractivity contribution in [2.24, 2.45) is 0 Å². The summed E-state index contributed by atoms with van der Waals surface area (Å²) in [5.41, 5.74) is 0.462. The van der Waals surface area contributed by atoms with Crippen LogP contribution in [-0.4, -0.2) is 20.5 Å². The fourth-order valence-electron chi connectivity index (χ4n) is 3.76. The van der Waals surface area contributed by atoms with Gasteiger partial charge in [0.1, 0.15) is 16.4 Å². The summed E-state index contributed by atoms with van der Waals surface area (Å²) in [6, 6.07) is 11.3. The second kappa shape index (κ2) is 9.55. The molecule has 3 aromatic carbocycles. The summed E-state index contributed by atoms with van der Waals surface area (Å²) < 4.78 is 94.5. The lowest BCUT2D eigenvalue weighted by Crippen LogP contribution is -2.14. The van der Waals surface area contributed by atoms with E-state index in [1.165, 1.54) is 50.4 Å². The predicted octanol–water partition coefficient (Wildman–Crippen LogP) is 6.92. The summed E-state index contributed by atoms with van der Waals surface area (Å²) in [5.74, 6) is -1.13. The maximum absolute atomic E-state index is 15.0. The Morgan fingerprint density at radius 1 is 0.892 bits per heavy atom. The van der Waals surface area contributed by atoms with E-state index in [1.54, 1.807) is 13.0 Å². The first kappa shape index (κ1) is 26.2. The highest BCUT2D eigenvalue weighted by Crippen LogP contribution is 2.39. The molecule has 0 aliphatic heterocycles. The lowest BCUT2D eigenvalue weighted by Gasteiger charge is -2.16. The van der Waals surface area contributed by atoms with E-state index in [4.69, 9.17) is 9.47 Å². The number of hydrogen-bond donors (Lipinski definition) is 1. The van der Waals surface area contributed by atoms with E-state index in [9.17, 15) is 26.0 Å². The maximum Gasteiger partial charge on any atom is 0.418 e. The molecule has 0 aliphatic rings. The van der Waals surface area contributed by atoms with Gasteiger partial charge in [-0.15, -0.1) is 0 Å². The number of ether oxygens (including phenoxy) is 2. The van der Waals surface area contributed by atoms with Crippen LogP contribution in [0.1, 0.15) is 22.4 Å². The molecule has 1 N–H and O–H groups in total. The van der Waals surface area contributed by atoms with Crippen LogP contribution in [0.25, 0.3) is 10.9 Å². The highest BCUT2D eigenvalue weighted by Gasteiger charge is 2.33. The first-order valence-corrected chi connectivity index (χ1v) is 12.4. The highest BCUT2D eigenvalue weighted by molar-refractivity contribution is 7.92. The number of para-hydroxylation sites is 1. The summed E-state index contributed by atoms with van der Waals surface area (Å²) in [6.45, 7) is 5.06. The van der Waals surface area contributed by atoms with E-state index in [0.717, 1.165) is 23.3 Å². The van der Waals surface area contributed by atoms with Crippen LogP contribution >= 0.6 is 0 Å². The van der Waals surface area contributed by atoms with Gasteiger partial charge in [-0.25, -0.2) is 12.8 Å². The third-order valence-electron chi connectivity index (χ3n) is 5.71. The Morgan fingerprint density at radius 3 is 2.24 bits per heavy atom. The quantitative estimate of drug-likeness (QED) is 0.272. The van der Waals surface area contributed by atoms with Gasteiger partial charge in [0.25, 0.3) is 10.0 Å². The van der Waals surface area contributed by atoms with Crippen LogP contribution in [0.3, 0.4) is 0 Å². The number of halogens is 4. The van der Waals surface area contributed by atoms with Gasteiger partial charge in [-0.05, 0) is 68.3 Å². The van der Waals surface area contributed by atoms with Crippen LogP contribution in [-0.2, 0) is 16.2 Å². The number of alkyl halides is 3. The highest BCUT2D eigenvalue weighted by atomic mass is 32.2. The van der Waals surface area contributed by atoms with Gasteiger partial charge >= 0.3 is 6.18 Å². The third-order valence-corrected chi connectivity index (χ3v) is 7.11. The number of benzene rings is 3. The van der Waals surface area contributed by atoms with Crippen LogP contribution < -0.4 is 14.2 Å². The summed E-state index contributed by atoms with van der Waals surface area (Å²) in [7, 11) is -2.79. The van der Waals surface area contributed by atoms with Crippen molar-refractivity contribution in [2.75, 3.05) is 11.8 Å². The van der Waals surface area contributed by atoms with Crippen molar-refractivity contribution in [3.63, 3.8) is 0 Å². The van der Waals surface area contributed by atoms with E-state index in [1.807, 2.05) is 6.92 Å². The van der Waals surface area contributed by atoms with E-state index in [2.05, 4.69) is 9.71 Å². The molecule has 0 saturated carbocycles. The van der Waals surface area contributed by atoms with Crippen LogP contribution in [0.4, 0.5) is 23.2 Å². The SMILES string of the molecule is COc1cc(C)c(C)cc1S(=O)(=O)Nc1ccc(Oc2cc(C)nc3c(C(F)(F)F)cccc23)c(F)c1. The minimum absolute atomic E-state index is 0.0271. The lowest BCUT2D eigenvalue weighted by molar-refractivity contribution is -0.136. The number of nitrogens with zero attached hydrogens (tertiary/aromatic N) is 1. The van der Waals surface area contributed by atoms with Crippen molar-refractivity contribution in [1.82, 2.24) is 4.98 Å². The Bertz CT molecular complexity index is 1620. The van der Waals surface area contributed by atoms with Gasteiger partial charge in [-0.2, -0.15) is 13.2 Å². The summed E-state index contributed by atoms with van der Waals surface area (Å²) in [5, 5.41) is 0.0476. The average Bonchev–Trinajstić information content (AvgIpc) is 2.80. The Balaban J connectivity index is 1.67. The molecule has 0 radical (unpaired) electrons. The number of aromatic nitrogens is 1. The molecule has 11 heteroatoms. The van der Waals surface area contributed by atoms with E-state index in [-0.39, 0.29) is 44.4 Å². The molecule has 37 heavy (non-hydrogen) atoms. The van der Waals surface area contributed by atoms with E-state index < -0.39 is 27.6 Å². The first-order chi connectivity index (χ1) is 17.3. The van der Waals surface area contributed by atoms with Crippen LogP contribution in [0.2, 0.25) is 0 Å². The monoisotopic (exact) mass is 534 g/mol. The zero-order valence-corrected chi connectivity index (χ0v) is 21.0. The van der Waals surface area contributed by atoms with Crippen molar-refractivity contribution in [2.45, 2.75) is 31.8 Å². The van der Waals surface area contributed by atoms with Gasteiger partial charge in [-0.1, -0.05) is 6.07 Å². The van der Waals surface area contributed by atoms with Gasteiger partial charge < -0.3 is 9.47 Å². The second-order valence-electron chi connectivity index (χ2n) is 8.40. The lowest BCUT2D eigenvalue weighted by atomic mass is 10.1. The van der Waals surface area contributed by atoms with Gasteiger partial charge in [0.2, 0.25) is 0 Å². The largest absolute Gasteiger partial charge is 0.495 e. The zero-order chi connectivity index (χ0) is 27.1. The molecule has 6 nitrogen and oxygen atoms in total. The number of fused-ring (bicyclic) bond motifs is 1. The van der Waals surface area contributed by atoms with Gasteiger partial charge in [0.15, 0.2) is 11.6 Å². The van der Waals surface area contributed by atoms with Crippen molar-refractivity contribution in [3.8, 4) is 17.2 Å². The Morgan fingerprint density at radius 2 is 1.59 bits per heavy atom. The number of anilines is 1. The minimum atomic E-state index is -4.64. The molecule has 4 rings (SSSR count). The third kappa shape index (κ3) is 5.31. The molecule has 4 aromatic rings. The molecule has 1 heterocycles. The average molecular weight is 535 g/mol. The van der Waals surface area contributed by atoms with Crippen molar-refractivity contribution in [1.29, 1.82) is 0 Å². The molecule has 0 spiro atoms. The Hall–Kier alpha value is -3.86. The van der Waals surface area contributed by atoms with Crippen LogP contribution in [0.15, 0.2) is 59.5 Å². The molecule has 0 saturated heterocycles. The van der Waals surface area contributed by atoms with E-state index in [0.29, 0.717) is 0 Å². The molecular formula is C26H22F4N2O4S. The predicted molar refractivity (Wildman–Crippen MR) is 131 cm³/mol. The summed E-state index contributed by atoms with van der Waals surface area (Å²) >= 11 is 0.